The number of nitrogens with one attached hydrogen (secondary N) is 2. The van der Waals surface area contributed by atoms with Crippen molar-refractivity contribution in [3.63, 3.8) is 0 Å². The maximum Gasteiger partial charge on any atom is 0.267 e. The van der Waals surface area contributed by atoms with E-state index in [0.29, 0.717) is 6.54 Å². The summed E-state index contributed by atoms with van der Waals surface area (Å²) in [5.74, 6) is -0.634. The molecule has 0 heterocycles. The van der Waals surface area contributed by atoms with Gasteiger partial charge < -0.3 is 10.6 Å². The smallest absolute Gasteiger partial charge is 0.267 e. The van der Waals surface area contributed by atoms with Crippen LogP contribution in [0.5, 0.6) is 0 Å². The first-order chi connectivity index (χ1) is 12.7. The largest absolute Gasteiger partial charge is 0.351 e. The Kier molecular flexibility index (Phi) is 7.87. The number of benzene rings is 2. The SMILES string of the molecule is CCCCNC(=O)/C(=C/c1ccccc1)NC(=O)/C=C/c1ccccc1. The fraction of sp³-hybridized carbons (Fsp3) is 0.182. The first-order valence-electron chi connectivity index (χ1n) is 8.78. The molecule has 0 saturated carbocycles. The molecule has 2 amide bonds. The van der Waals surface area contributed by atoms with Crippen LogP contribution >= 0.6 is 0 Å². The number of carbonyl (C=O) groups is 2. The quantitative estimate of drug-likeness (QED) is 0.563. The third kappa shape index (κ3) is 6.77. The molecule has 4 heteroatoms. The Morgan fingerprint density at radius 1 is 0.923 bits per heavy atom. The topological polar surface area (TPSA) is 58.2 Å². The molecule has 0 bridgehead atoms. The highest BCUT2D eigenvalue weighted by atomic mass is 16.2. The number of hydrogen-bond acceptors (Lipinski definition) is 2. The van der Waals surface area contributed by atoms with Crippen molar-refractivity contribution in [2.45, 2.75) is 19.8 Å². The van der Waals surface area contributed by atoms with E-state index in [1.54, 1.807) is 12.2 Å². The minimum Gasteiger partial charge on any atom is -0.351 e. The van der Waals surface area contributed by atoms with Crippen LogP contribution < -0.4 is 10.6 Å². The summed E-state index contributed by atoms with van der Waals surface area (Å²) in [4.78, 5) is 24.6. The van der Waals surface area contributed by atoms with Crippen LogP contribution in [0.1, 0.15) is 30.9 Å². The van der Waals surface area contributed by atoms with E-state index in [1.165, 1.54) is 6.08 Å². The number of rotatable bonds is 8. The third-order valence-corrected chi connectivity index (χ3v) is 3.66. The first kappa shape index (κ1) is 19.2. The predicted molar refractivity (Wildman–Crippen MR) is 106 cm³/mol. The van der Waals surface area contributed by atoms with Gasteiger partial charge in [0.1, 0.15) is 5.70 Å². The van der Waals surface area contributed by atoms with Crippen LogP contribution in [0.3, 0.4) is 0 Å². The molecule has 0 aliphatic carbocycles. The van der Waals surface area contributed by atoms with E-state index in [0.717, 1.165) is 24.0 Å². The Balaban J connectivity index is 2.10. The summed E-state index contributed by atoms with van der Waals surface area (Å²) < 4.78 is 0. The summed E-state index contributed by atoms with van der Waals surface area (Å²) in [5, 5.41) is 5.52. The third-order valence-electron chi connectivity index (χ3n) is 3.66. The van der Waals surface area contributed by atoms with Gasteiger partial charge in [-0.05, 0) is 29.7 Å². The van der Waals surface area contributed by atoms with Gasteiger partial charge in [-0.25, -0.2) is 0 Å². The summed E-state index contributed by atoms with van der Waals surface area (Å²) in [6.45, 7) is 2.64. The van der Waals surface area contributed by atoms with Gasteiger partial charge in [0.15, 0.2) is 0 Å². The second-order valence-corrected chi connectivity index (χ2v) is 5.81. The molecule has 0 saturated heterocycles. The molecule has 2 rings (SSSR count). The van der Waals surface area contributed by atoms with Crippen molar-refractivity contribution in [2.75, 3.05) is 6.54 Å². The second-order valence-electron chi connectivity index (χ2n) is 5.81. The van der Waals surface area contributed by atoms with Gasteiger partial charge in [0.05, 0.1) is 0 Å². The van der Waals surface area contributed by atoms with Crippen molar-refractivity contribution in [1.29, 1.82) is 0 Å². The van der Waals surface area contributed by atoms with Crippen molar-refractivity contribution >= 4 is 24.0 Å². The fourth-order valence-corrected chi connectivity index (χ4v) is 2.26. The lowest BCUT2D eigenvalue weighted by Gasteiger charge is -2.09. The number of hydrogen-bond donors (Lipinski definition) is 2. The van der Waals surface area contributed by atoms with E-state index < -0.39 is 0 Å². The maximum atomic E-state index is 12.4. The molecule has 0 aliphatic rings. The Hall–Kier alpha value is -3.14. The van der Waals surface area contributed by atoms with Gasteiger partial charge in [0.2, 0.25) is 5.91 Å². The highest BCUT2D eigenvalue weighted by Crippen LogP contribution is 2.06. The molecule has 0 atom stereocenters. The number of unbranched alkanes of at least 4 members (excludes halogenated alkanes) is 1. The minimum atomic E-state index is -0.346. The lowest BCUT2D eigenvalue weighted by atomic mass is 10.2. The molecular formula is C22H24N2O2. The summed E-state index contributed by atoms with van der Waals surface area (Å²) >= 11 is 0. The van der Waals surface area contributed by atoms with E-state index in [9.17, 15) is 9.59 Å². The molecule has 0 spiro atoms. The zero-order valence-electron chi connectivity index (χ0n) is 14.9. The summed E-state index contributed by atoms with van der Waals surface area (Å²) in [6, 6.07) is 19.0. The number of amides is 2. The van der Waals surface area contributed by atoms with Gasteiger partial charge in [-0.1, -0.05) is 74.0 Å². The highest BCUT2D eigenvalue weighted by molar-refractivity contribution is 6.04. The second kappa shape index (κ2) is 10.7. The molecule has 2 aromatic rings. The van der Waals surface area contributed by atoms with E-state index in [4.69, 9.17) is 0 Å². The predicted octanol–water partition coefficient (Wildman–Crippen LogP) is 3.77. The highest BCUT2D eigenvalue weighted by Gasteiger charge is 2.11. The van der Waals surface area contributed by atoms with Gasteiger partial charge in [0.25, 0.3) is 5.91 Å². The molecule has 0 radical (unpaired) electrons. The zero-order chi connectivity index (χ0) is 18.6. The first-order valence-corrected chi connectivity index (χ1v) is 8.78. The molecule has 2 N–H and O–H groups in total. The van der Waals surface area contributed by atoms with Crippen molar-refractivity contribution in [3.8, 4) is 0 Å². The van der Waals surface area contributed by atoms with Crippen LogP contribution in [0.15, 0.2) is 72.4 Å². The van der Waals surface area contributed by atoms with Crippen molar-refractivity contribution < 1.29 is 9.59 Å². The maximum absolute atomic E-state index is 12.4. The lowest BCUT2D eigenvalue weighted by molar-refractivity contribution is -0.121. The monoisotopic (exact) mass is 348 g/mol. The van der Waals surface area contributed by atoms with Crippen LogP contribution in [0.4, 0.5) is 0 Å². The summed E-state index contributed by atoms with van der Waals surface area (Å²) in [5.41, 5.74) is 2.00. The minimum absolute atomic E-state index is 0.231. The standard InChI is InChI=1S/C22H24N2O2/c1-2-3-16-23-22(26)20(17-19-12-8-5-9-13-19)24-21(25)15-14-18-10-6-4-7-11-18/h4-15,17H,2-3,16H2,1H3,(H,23,26)(H,24,25)/b15-14+,20-17-. The molecule has 0 unspecified atom stereocenters. The molecule has 0 fully saturated rings. The number of carbonyl (C=O) groups excluding carboxylic acids is 2. The molecule has 0 aromatic heterocycles. The van der Waals surface area contributed by atoms with Crippen LogP contribution in [0, 0.1) is 0 Å². The Morgan fingerprint density at radius 2 is 1.54 bits per heavy atom. The molecule has 0 aliphatic heterocycles. The van der Waals surface area contributed by atoms with Gasteiger partial charge >= 0.3 is 0 Å². The fourth-order valence-electron chi connectivity index (χ4n) is 2.26. The normalized spacial score (nSPS) is 11.3. The van der Waals surface area contributed by atoms with Crippen LogP contribution in [-0.4, -0.2) is 18.4 Å². The lowest BCUT2D eigenvalue weighted by Crippen LogP contribution is -2.34. The molecular weight excluding hydrogens is 324 g/mol. The molecule has 2 aromatic carbocycles. The van der Waals surface area contributed by atoms with E-state index in [-0.39, 0.29) is 17.5 Å². The Morgan fingerprint density at radius 3 is 2.15 bits per heavy atom. The molecule has 134 valence electrons. The van der Waals surface area contributed by atoms with Crippen LogP contribution in [-0.2, 0) is 9.59 Å². The van der Waals surface area contributed by atoms with Gasteiger partial charge in [-0.15, -0.1) is 0 Å². The van der Waals surface area contributed by atoms with Crippen molar-refractivity contribution in [1.82, 2.24) is 10.6 Å². The van der Waals surface area contributed by atoms with Crippen molar-refractivity contribution in [3.05, 3.63) is 83.6 Å². The average molecular weight is 348 g/mol. The van der Waals surface area contributed by atoms with Gasteiger partial charge in [-0.2, -0.15) is 0 Å². The Labute approximate surface area is 154 Å². The van der Waals surface area contributed by atoms with Crippen LogP contribution in [0.2, 0.25) is 0 Å². The average Bonchev–Trinajstić information content (AvgIpc) is 2.67. The molecule has 26 heavy (non-hydrogen) atoms. The van der Waals surface area contributed by atoms with Gasteiger partial charge in [0, 0.05) is 12.6 Å². The summed E-state index contributed by atoms with van der Waals surface area (Å²) in [7, 11) is 0. The van der Waals surface area contributed by atoms with Crippen LogP contribution in [0.25, 0.3) is 12.2 Å². The molecule has 4 nitrogen and oxygen atoms in total. The van der Waals surface area contributed by atoms with E-state index in [1.807, 2.05) is 60.7 Å². The zero-order valence-corrected chi connectivity index (χ0v) is 14.9. The summed E-state index contributed by atoms with van der Waals surface area (Å²) in [6.07, 6.45) is 6.70. The van der Waals surface area contributed by atoms with Crippen molar-refractivity contribution in [2.24, 2.45) is 0 Å². The van der Waals surface area contributed by atoms with E-state index >= 15 is 0 Å². The Bertz CT molecular complexity index is 765. The van der Waals surface area contributed by atoms with Gasteiger partial charge in [-0.3, -0.25) is 9.59 Å². The van der Waals surface area contributed by atoms with E-state index in [2.05, 4.69) is 17.6 Å².